The Kier molecular flexibility index (Phi) is 4.43. The summed E-state index contributed by atoms with van der Waals surface area (Å²) in [5.74, 6) is 0.555. The summed E-state index contributed by atoms with van der Waals surface area (Å²) < 4.78 is 0. The smallest absolute Gasteiger partial charge is 0.226 e. The van der Waals surface area contributed by atoms with Crippen LogP contribution in [0.5, 0.6) is 0 Å². The molecule has 114 valence electrons. The lowest BCUT2D eigenvalue weighted by atomic mass is 10.0. The number of hydrogen-bond acceptors (Lipinski definition) is 2. The van der Waals surface area contributed by atoms with Crippen LogP contribution in [0.3, 0.4) is 0 Å². The third-order valence-corrected chi connectivity index (χ3v) is 5.21. The van der Waals surface area contributed by atoms with Gasteiger partial charge < -0.3 is 10.6 Å². The minimum atomic E-state index is 0.0656. The van der Waals surface area contributed by atoms with Crippen molar-refractivity contribution in [1.29, 1.82) is 0 Å². The quantitative estimate of drug-likeness (QED) is 0.924. The van der Waals surface area contributed by atoms with Crippen LogP contribution < -0.4 is 5.73 Å². The molecule has 2 N–H and O–H groups in total. The highest BCUT2D eigenvalue weighted by Gasteiger charge is 2.47. The number of piperidine rings is 1. The molecular weight excluding hydrogens is 307 g/mol. The summed E-state index contributed by atoms with van der Waals surface area (Å²) in [4.78, 5) is 14.7. The first-order valence-corrected chi connectivity index (χ1v) is 8.33. The molecule has 21 heavy (non-hydrogen) atoms. The maximum atomic E-state index is 12.7. The Morgan fingerprint density at radius 2 is 2.14 bits per heavy atom. The van der Waals surface area contributed by atoms with Gasteiger partial charge in [0.2, 0.25) is 5.91 Å². The number of halogens is 2. The van der Waals surface area contributed by atoms with Crippen molar-refractivity contribution >= 4 is 29.1 Å². The van der Waals surface area contributed by atoms with Crippen molar-refractivity contribution in [3.8, 4) is 0 Å². The molecule has 3 nitrogen and oxygen atoms in total. The molecule has 3 unspecified atom stereocenters. The number of nitrogens with zero attached hydrogens (tertiary/aromatic N) is 1. The lowest BCUT2D eigenvalue weighted by Gasteiger charge is -2.35. The molecule has 1 saturated heterocycles. The van der Waals surface area contributed by atoms with Crippen molar-refractivity contribution < 1.29 is 4.79 Å². The normalized spacial score (nSPS) is 28.5. The van der Waals surface area contributed by atoms with Crippen LogP contribution in [0.4, 0.5) is 0 Å². The monoisotopic (exact) mass is 326 g/mol. The number of rotatable bonds is 3. The molecule has 1 aromatic carbocycles. The van der Waals surface area contributed by atoms with Gasteiger partial charge in [-0.1, -0.05) is 29.3 Å². The summed E-state index contributed by atoms with van der Waals surface area (Å²) in [7, 11) is 0. The third kappa shape index (κ3) is 3.05. The molecule has 0 radical (unpaired) electrons. The van der Waals surface area contributed by atoms with E-state index in [4.69, 9.17) is 28.9 Å². The molecule has 2 fully saturated rings. The zero-order chi connectivity index (χ0) is 15.0. The lowest BCUT2D eigenvalue weighted by Crippen LogP contribution is -2.48. The van der Waals surface area contributed by atoms with Gasteiger partial charge in [-0.05, 0) is 49.3 Å². The fraction of sp³-hybridized carbons (Fsp3) is 0.562. The van der Waals surface area contributed by atoms with E-state index in [1.165, 1.54) is 6.42 Å². The molecule has 3 atom stereocenters. The SMILES string of the molecule is NCC1CCCCN1C(=O)C1CC1c1ccc(Cl)cc1Cl. The van der Waals surface area contributed by atoms with Gasteiger partial charge in [-0.3, -0.25) is 4.79 Å². The van der Waals surface area contributed by atoms with Crippen molar-refractivity contribution in [3.05, 3.63) is 33.8 Å². The van der Waals surface area contributed by atoms with Crippen LogP contribution in [-0.2, 0) is 4.79 Å². The molecule has 0 spiro atoms. The van der Waals surface area contributed by atoms with Crippen LogP contribution in [0.25, 0.3) is 0 Å². The van der Waals surface area contributed by atoms with Gasteiger partial charge in [-0.15, -0.1) is 0 Å². The second-order valence-electron chi connectivity index (χ2n) is 6.03. The van der Waals surface area contributed by atoms with Crippen LogP contribution in [0.2, 0.25) is 10.0 Å². The minimum absolute atomic E-state index is 0.0656. The van der Waals surface area contributed by atoms with E-state index in [1.807, 2.05) is 17.0 Å². The molecule has 1 aromatic rings. The van der Waals surface area contributed by atoms with E-state index in [-0.39, 0.29) is 23.8 Å². The van der Waals surface area contributed by atoms with Gasteiger partial charge in [0, 0.05) is 35.1 Å². The molecule has 1 amide bonds. The largest absolute Gasteiger partial charge is 0.338 e. The van der Waals surface area contributed by atoms with E-state index in [0.717, 1.165) is 31.4 Å². The van der Waals surface area contributed by atoms with E-state index in [1.54, 1.807) is 6.07 Å². The number of hydrogen-bond donors (Lipinski definition) is 1. The number of likely N-dealkylation sites (tertiary alicyclic amines) is 1. The van der Waals surface area contributed by atoms with E-state index in [2.05, 4.69) is 0 Å². The van der Waals surface area contributed by atoms with Gasteiger partial charge >= 0.3 is 0 Å². The Morgan fingerprint density at radius 1 is 1.33 bits per heavy atom. The second-order valence-corrected chi connectivity index (χ2v) is 6.88. The van der Waals surface area contributed by atoms with Crippen molar-refractivity contribution in [2.45, 2.75) is 37.6 Å². The maximum absolute atomic E-state index is 12.7. The predicted molar refractivity (Wildman–Crippen MR) is 85.7 cm³/mol. The molecule has 5 heteroatoms. The van der Waals surface area contributed by atoms with Crippen molar-refractivity contribution in [2.75, 3.05) is 13.1 Å². The van der Waals surface area contributed by atoms with Gasteiger partial charge in [0.25, 0.3) is 0 Å². The first-order chi connectivity index (χ1) is 10.1. The molecule has 2 aliphatic rings. The number of carbonyl (C=O) groups excluding carboxylic acids is 1. The zero-order valence-corrected chi connectivity index (χ0v) is 13.4. The Morgan fingerprint density at radius 3 is 2.86 bits per heavy atom. The Hall–Kier alpha value is -0.770. The number of amides is 1. The van der Waals surface area contributed by atoms with E-state index in [0.29, 0.717) is 16.6 Å². The van der Waals surface area contributed by atoms with Crippen molar-refractivity contribution in [1.82, 2.24) is 4.90 Å². The van der Waals surface area contributed by atoms with E-state index in [9.17, 15) is 4.79 Å². The first kappa shape index (κ1) is 15.1. The molecule has 1 heterocycles. The topological polar surface area (TPSA) is 46.3 Å². The number of carbonyl (C=O) groups is 1. The molecule has 1 aliphatic heterocycles. The average Bonchev–Trinajstić information content (AvgIpc) is 3.26. The molecule has 1 saturated carbocycles. The van der Waals surface area contributed by atoms with Crippen molar-refractivity contribution in [3.63, 3.8) is 0 Å². The Bertz CT molecular complexity index is 549. The molecule has 1 aliphatic carbocycles. The summed E-state index contributed by atoms with van der Waals surface area (Å²) >= 11 is 12.2. The predicted octanol–water partition coefficient (Wildman–Crippen LogP) is 3.44. The number of benzene rings is 1. The molecule has 0 bridgehead atoms. The maximum Gasteiger partial charge on any atom is 0.226 e. The highest BCUT2D eigenvalue weighted by molar-refractivity contribution is 6.35. The fourth-order valence-corrected chi connectivity index (χ4v) is 3.91. The molecular formula is C16H20Cl2N2O. The van der Waals surface area contributed by atoms with Crippen LogP contribution in [0, 0.1) is 5.92 Å². The number of nitrogens with two attached hydrogens (primary N) is 1. The van der Waals surface area contributed by atoms with E-state index < -0.39 is 0 Å². The summed E-state index contributed by atoms with van der Waals surface area (Å²) in [5.41, 5.74) is 6.85. The fourth-order valence-electron chi connectivity index (χ4n) is 3.36. The average molecular weight is 327 g/mol. The summed E-state index contributed by atoms with van der Waals surface area (Å²) in [6.07, 6.45) is 4.17. The summed E-state index contributed by atoms with van der Waals surface area (Å²) in [5, 5.41) is 1.29. The van der Waals surface area contributed by atoms with Crippen LogP contribution in [0.15, 0.2) is 18.2 Å². The van der Waals surface area contributed by atoms with Gasteiger partial charge in [0.15, 0.2) is 0 Å². The molecule has 0 aromatic heterocycles. The second kappa shape index (κ2) is 6.15. The zero-order valence-electron chi connectivity index (χ0n) is 11.9. The van der Waals surface area contributed by atoms with Crippen LogP contribution >= 0.6 is 23.2 Å². The van der Waals surface area contributed by atoms with Gasteiger partial charge in [0.1, 0.15) is 0 Å². The minimum Gasteiger partial charge on any atom is -0.338 e. The summed E-state index contributed by atoms with van der Waals surface area (Å²) in [6, 6.07) is 5.75. The highest BCUT2D eigenvalue weighted by atomic mass is 35.5. The first-order valence-electron chi connectivity index (χ1n) is 7.57. The highest BCUT2D eigenvalue weighted by Crippen LogP contribution is 2.51. The van der Waals surface area contributed by atoms with Crippen LogP contribution in [-0.4, -0.2) is 29.9 Å². The summed E-state index contributed by atoms with van der Waals surface area (Å²) in [6.45, 7) is 1.41. The van der Waals surface area contributed by atoms with Gasteiger partial charge in [-0.2, -0.15) is 0 Å². The molecule has 3 rings (SSSR count). The standard InChI is InChI=1S/C16H20Cl2N2O/c17-10-4-5-12(15(18)7-10)13-8-14(13)16(21)20-6-2-1-3-11(20)9-19/h4-5,7,11,13-14H,1-3,6,8-9,19H2. The van der Waals surface area contributed by atoms with Crippen LogP contribution in [0.1, 0.15) is 37.2 Å². The Labute approximate surface area is 135 Å². The van der Waals surface area contributed by atoms with E-state index >= 15 is 0 Å². The lowest BCUT2D eigenvalue weighted by molar-refractivity contribution is -0.136. The third-order valence-electron chi connectivity index (χ3n) is 4.65. The van der Waals surface area contributed by atoms with Gasteiger partial charge in [-0.25, -0.2) is 0 Å². The van der Waals surface area contributed by atoms with Gasteiger partial charge in [0.05, 0.1) is 0 Å². The Balaban J connectivity index is 1.70. The van der Waals surface area contributed by atoms with Crippen molar-refractivity contribution in [2.24, 2.45) is 11.7 Å².